The van der Waals surface area contributed by atoms with Crippen LogP contribution in [0.5, 0.6) is 5.75 Å². The standard InChI is InChI=1S/C18H15F2NO4S/c1-24-9-25-14-6-10(2-3-12(14)17(22)23)16-13-7-18(19,20)5-4-11(13)15(8-21)26-16/h2-3,6H,4-5,7,9H2,1H3,(H,22,23). The van der Waals surface area contributed by atoms with Gasteiger partial charge in [0.25, 0.3) is 5.92 Å². The summed E-state index contributed by atoms with van der Waals surface area (Å²) in [5, 5.41) is 18.6. The molecule has 0 atom stereocenters. The highest BCUT2D eigenvalue weighted by Gasteiger charge is 2.38. The number of halogens is 2. The summed E-state index contributed by atoms with van der Waals surface area (Å²) in [7, 11) is 1.40. The van der Waals surface area contributed by atoms with Crippen LogP contribution in [0.2, 0.25) is 0 Å². The van der Waals surface area contributed by atoms with Crippen LogP contribution >= 0.6 is 11.3 Å². The van der Waals surface area contributed by atoms with E-state index in [0.717, 1.165) is 11.3 Å². The molecule has 0 fully saturated rings. The van der Waals surface area contributed by atoms with Crippen LogP contribution in [-0.4, -0.2) is 30.9 Å². The van der Waals surface area contributed by atoms with E-state index in [2.05, 4.69) is 6.07 Å². The van der Waals surface area contributed by atoms with Crippen molar-refractivity contribution in [2.24, 2.45) is 0 Å². The van der Waals surface area contributed by atoms with Gasteiger partial charge < -0.3 is 14.6 Å². The van der Waals surface area contributed by atoms with E-state index >= 15 is 0 Å². The van der Waals surface area contributed by atoms with Crippen molar-refractivity contribution < 1.29 is 28.2 Å². The Kier molecular flexibility index (Phi) is 4.94. The molecule has 0 spiro atoms. The van der Waals surface area contributed by atoms with Crippen molar-refractivity contribution in [1.29, 1.82) is 5.26 Å². The molecule has 1 N–H and O–H groups in total. The largest absolute Gasteiger partial charge is 0.478 e. The second kappa shape index (κ2) is 7.02. The first-order valence-electron chi connectivity index (χ1n) is 7.78. The number of carboxylic acid groups (broad SMARTS) is 1. The molecule has 1 heterocycles. The molecular weight excluding hydrogens is 364 g/mol. The van der Waals surface area contributed by atoms with Crippen molar-refractivity contribution in [3.05, 3.63) is 39.8 Å². The molecule has 136 valence electrons. The minimum Gasteiger partial charge on any atom is -0.478 e. The molecule has 1 aromatic carbocycles. The summed E-state index contributed by atoms with van der Waals surface area (Å²) in [6, 6.07) is 6.48. The molecule has 1 aliphatic carbocycles. The number of aromatic carboxylic acids is 1. The Morgan fingerprint density at radius 2 is 2.19 bits per heavy atom. The van der Waals surface area contributed by atoms with Crippen molar-refractivity contribution in [3.8, 4) is 22.3 Å². The number of carboxylic acids is 1. The Morgan fingerprint density at radius 3 is 2.85 bits per heavy atom. The fourth-order valence-electron chi connectivity index (χ4n) is 3.01. The van der Waals surface area contributed by atoms with Crippen LogP contribution in [0.1, 0.15) is 32.8 Å². The van der Waals surface area contributed by atoms with Gasteiger partial charge in [0.15, 0.2) is 6.79 Å². The lowest BCUT2D eigenvalue weighted by atomic mass is 9.88. The SMILES string of the molecule is COCOc1cc(-c2sc(C#N)c3c2CC(F)(F)CC3)ccc1C(=O)O. The van der Waals surface area contributed by atoms with Crippen molar-refractivity contribution in [1.82, 2.24) is 0 Å². The van der Waals surface area contributed by atoms with Gasteiger partial charge in [-0.3, -0.25) is 0 Å². The highest BCUT2D eigenvalue weighted by Crippen LogP contribution is 2.45. The fourth-order valence-corrected chi connectivity index (χ4v) is 4.17. The molecule has 8 heteroatoms. The highest BCUT2D eigenvalue weighted by atomic mass is 32.1. The topological polar surface area (TPSA) is 79.5 Å². The maximum Gasteiger partial charge on any atom is 0.339 e. The quantitative estimate of drug-likeness (QED) is 0.792. The van der Waals surface area contributed by atoms with Crippen LogP contribution in [0.4, 0.5) is 8.78 Å². The van der Waals surface area contributed by atoms with E-state index in [9.17, 15) is 23.9 Å². The Morgan fingerprint density at radius 1 is 1.42 bits per heavy atom. The number of methoxy groups -OCH3 is 1. The van der Waals surface area contributed by atoms with Gasteiger partial charge in [0, 0.05) is 24.8 Å². The predicted octanol–water partition coefficient (Wildman–Crippen LogP) is 4.09. The molecule has 2 aromatic rings. The molecule has 26 heavy (non-hydrogen) atoms. The smallest absolute Gasteiger partial charge is 0.339 e. The summed E-state index contributed by atoms with van der Waals surface area (Å²) in [6.45, 7) is -0.145. The van der Waals surface area contributed by atoms with Crippen LogP contribution in [-0.2, 0) is 17.6 Å². The summed E-state index contributed by atoms with van der Waals surface area (Å²) in [5.74, 6) is -3.90. The average molecular weight is 379 g/mol. The number of thiophene rings is 1. The van der Waals surface area contributed by atoms with E-state index in [1.165, 1.54) is 19.2 Å². The van der Waals surface area contributed by atoms with Gasteiger partial charge >= 0.3 is 5.97 Å². The number of nitrogens with zero attached hydrogens (tertiary/aromatic N) is 1. The molecule has 0 radical (unpaired) electrons. The maximum atomic E-state index is 13.9. The number of ether oxygens (including phenoxy) is 2. The molecule has 0 amide bonds. The van der Waals surface area contributed by atoms with Crippen LogP contribution in [0.25, 0.3) is 10.4 Å². The molecule has 1 aromatic heterocycles. The van der Waals surface area contributed by atoms with E-state index in [4.69, 9.17) is 9.47 Å². The van der Waals surface area contributed by atoms with Gasteiger partial charge in [0.2, 0.25) is 0 Å². The Labute approximate surface area is 152 Å². The summed E-state index contributed by atoms with van der Waals surface area (Å²) < 4.78 is 37.9. The van der Waals surface area contributed by atoms with Crippen molar-refractivity contribution >= 4 is 17.3 Å². The number of alkyl halides is 2. The second-order valence-electron chi connectivity index (χ2n) is 5.93. The summed E-state index contributed by atoms with van der Waals surface area (Å²) in [5.41, 5.74) is 1.62. The summed E-state index contributed by atoms with van der Waals surface area (Å²) >= 11 is 1.15. The third kappa shape index (κ3) is 3.41. The van der Waals surface area contributed by atoms with Gasteiger partial charge in [0.05, 0.1) is 0 Å². The number of rotatable bonds is 5. The van der Waals surface area contributed by atoms with E-state index in [-0.39, 0.29) is 30.9 Å². The molecule has 0 saturated carbocycles. The number of carbonyl (C=O) groups is 1. The fraction of sp³-hybridized carbons (Fsp3) is 0.333. The lowest BCUT2D eigenvalue weighted by molar-refractivity contribution is -0.0119. The third-order valence-electron chi connectivity index (χ3n) is 4.20. The van der Waals surface area contributed by atoms with E-state index < -0.39 is 18.3 Å². The van der Waals surface area contributed by atoms with Crippen LogP contribution in [0, 0.1) is 11.3 Å². The molecule has 0 aliphatic heterocycles. The number of benzene rings is 1. The Bertz CT molecular complexity index is 901. The zero-order valence-corrected chi connectivity index (χ0v) is 14.7. The van der Waals surface area contributed by atoms with Gasteiger partial charge in [-0.1, -0.05) is 6.07 Å². The first-order chi connectivity index (χ1) is 12.4. The zero-order chi connectivity index (χ0) is 18.9. The number of hydrogen-bond donors (Lipinski definition) is 1. The molecular formula is C18H15F2NO4S. The van der Waals surface area contributed by atoms with Crippen LogP contribution in [0.15, 0.2) is 18.2 Å². The van der Waals surface area contributed by atoms with E-state index in [1.807, 2.05) is 0 Å². The number of hydrogen-bond acceptors (Lipinski definition) is 5. The van der Waals surface area contributed by atoms with Crippen molar-refractivity contribution in [2.75, 3.05) is 13.9 Å². The molecule has 3 rings (SSSR count). The Balaban J connectivity index is 2.11. The molecule has 1 aliphatic rings. The minimum atomic E-state index is -2.81. The highest BCUT2D eigenvalue weighted by molar-refractivity contribution is 7.16. The molecule has 0 saturated heterocycles. The van der Waals surface area contributed by atoms with Gasteiger partial charge in [-0.25, -0.2) is 13.6 Å². The molecule has 5 nitrogen and oxygen atoms in total. The molecule has 0 bridgehead atoms. The van der Waals surface area contributed by atoms with Gasteiger partial charge in [-0.2, -0.15) is 5.26 Å². The van der Waals surface area contributed by atoms with Crippen molar-refractivity contribution in [2.45, 2.75) is 25.2 Å². The average Bonchev–Trinajstić information content (AvgIpc) is 2.96. The normalized spacial score (nSPS) is 15.2. The second-order valence-corrected chi connectivity index (χ2v) is 6.95. The van der Waals surface area contributed by atoms with Crippen molar-refractivity contribution in [3.63, 3.8) is 0 Å². The minimum absolute atomic E-state index is 0.0536. The van der Waals surface area contributed by atoms with Gasteiger partial charge in [-0.15, -0.1) is 11.3 Å². The van der Waals surface area contributed by atoms with E-state index in [1.54, 1.807) is 6.07 Å². The number of fused-ring (bicyclic) bond motifs is 1. The lowest BCUT2D eigenvalue weighted by Crippen LogP contribution is -2.25. The van der Waals surface area contributed by atoms with Gasteiger partial charge in [-0.05, 0) is 35.2 Å². The lowest BCUT2D eigenvalue weighted by Gasteiger charge is -2.23. The molecule has 0 unspecified atom stereocenters. The zero-order valence-electron chi connectivity index (χ0n) is 13.8. The van der Waals surface area contributed by atoms with E-state index in [0.29, 0.717) is 26.4 Å². The summed E-state index contributed by atoms with van der Waals surface area (Å²) in [4.78, 5) is 12.3. The van der Waals surface area contributed by atoms with Crippen LogP contribution in [0.3, 0.4) is 0 Å². The first kappa shape index (κ1) is 18.3. The monoisotopic (exact) mass is 379 g/mol. The summed E-state index contributed by atoms with van der Waals surface area (Å²) in [6.07, 6.45) is -0.544. The first-order valence-corrected chi connectivity index (χ1v) is 8.60. The van der Waals surface area contributed by atoms with Gasteiger partial charge in [0.1, 0.15) is 22.3 Å². The maximum absolute atomic E-state index is 13.9. The Hall–Kier alpha value is -2.50. The predicted molar refractivity (Wildman–Crippen MR) is 90.9 cm³/mol. The van der Waals surface area contributed by atoms with Crippen LogP contribution < -0.4 is 4.74 Å². The number of nitriles is 1. The third-order valence-corrected chi connectivity index (χ3v) is 5.43.